The second-order valence-electron chi connectivity index (χ2n) is 5.90. The number of carbonyl (C=O) groups is 1. The molecular formula is C18H21NO3. The van der Waals surface area contributed by atoms with Crippen molar-refractivity contribution in [1.82, 2.24) is 0 Å². The van der Waals surface area contributed by atoms with Crippen LogP contribution in [0.15, 0.2) is 54.6 Å². The molecule has 1 N–H and O–H groups in total. The number of amides is 1. The van der Waals surface area contributed by atoms with Gasteiger partial charge >= 0.3 is 6.09 Å². The Morgan fingerprint density at radius 1 is 1.00 bits per heavy atom. The molecule has 2 aromatic carbocycles. The summed E-state index contributed by atoms with van der Waals surface area (Å²) in [6, 6.07) is 17.2. The van der Waals surface area contributed by atoms with Crippen LogP contribution in [0.4, 0.5) is 10.5 Å². The summed E-state index contributed by atoms with van der Waals surface area (Å²) in [7, 11) is 0. The molecular weight excluding hydrogens is 278 g/mol. The molecule has 1 amide bonds. The van der Waals surface area contributed by atoms with Gasteiger partial charge in [0.1, 0.15) is 18.0 Å². The first-order valence-electron chi connectivity index (χ1n) is 7.20. The van der Waals surface area contributed by atoms with E-state index in [2.05, 4.69) is 5.32 Å². The smallest absolute Gasteiger partial charge is 0.412 e. The van der Waals surface area contributed by atoms with Crippen molar-refractivity contribution in [1.29, 1.82) is 0 Å². The van der Waals surface area contributed by atoms with Crippen LogP contribution in [0, 0.1) is 0 Å². The number of benzene rings is 2. The molecule has 0 bridgehead atoms. The fraction of sp³-hybridized carbons (Fsp3) is 0.278. The summed E-state index contributed by atoms with van der Waals surface area (Å²) < 4.78 is 11.0. The van der Waals surface area contributed by atoms with Gasteiger partial charge in [-0.3, -0.25) is 5.32 Å². The topological polar surface area (TPSA) is 47.6 Å². The van der Waals surface area contributed by atoms with Gasteiger partial charge in [0.15, 0.2) is 0 Å². The summed E-state index contributed by atoms with van der Waals surface area (Å²) in [4.78, 5) is 11.9. The standard InChI is InChI=1S/C18H21NO3/c1-18(2,3)22-17(20)19-15-11-7-8-12-16(15)21-13-14-9-5-4-6-10-14/h4-12H,13H2,1-3H3,(H,19,20). The lowest BCUT2D eigenvalue weighted by molar-refractivity contribution is 0.0635. The second kappa shape index (κ2) is 6.98. The number of para-hydroxylation sites is 2. The summed E-state index contributed by atoms with van der Waals surface area (Å²) in [5.74, 6) is 0.609. The van der Waals surface area contributed by atoms with Crippen molar-refractivity contribution in [2.24, 2.45) is 0 Å². The zero-order chi connectivity index (χ0) is 16.0. The van der Waals surface area contributed by atoms with Crippen LogP contribution in [0.2, 0.25) is 0 Å². The molecule has 4 heteroatoms. The third-order valence-electron chi connectivity index (χ3n) is 2.76. The van der Waals surface area contributed by atoms with E-state index in [1.165, 1.54) is 0 Å². The summed E-state index contributed by atoms with van der Waals surface area (Å²) in [5, 5.41) is 2.72. The Labute approximate surface area is 131 Å². The zero-order valence-electron chi connectivity index (χ0n) is 13.1. The zero-order valence-corrected chi connectivity index (χ0v) is 13.1. The Kier molecular flexibility index (Phi) is 5.04. The minimum atomic E-state index is -0.538. The van der Waals surface area contributed by atoms with Crippen molar-refractivity contribution < 1.29 is 14.3 Å². The molecule has 4 nitrogen and oxygen atoms in total. The van der Waals surface area contributed by atoms with Crippen LogP contribution in [-0.2, 0) is 11.3 Å². The maximum absolute atomic E-state index is 11.9. The highest BCUT2D eigenvalue weighted by molar-refractivity contribution is 5.86. The van der Waals surface area contributed by atoms with Crippen molar-refractivity contribution in [2.45, 2.75) is 33.0 Å². The molecule has 0 unspecified atom stereocenters. The maximum Gasteiger partial charge on any atom is 0.412 e. The van der Waals surface area contributed by atoms with Gasteiger partial charge in [-0.05, 0) is 38.5 Å². The molecule has 0 saturated carbocycles. The number of anilines is 1. The van der Waals surface area contributed by atoms with Gasteiger partial charge in [-0.25, -0.2) is 4.79 Å². The molecule has 0 aliphatic carbocycles. The van der Waals surface area contributed by atoms with Crippen LogP contribution in [-0.4, -0.2) is 11.7 Å². The van der Waals surface area contributed by atoms with Crippen molar-refractivity contribution in [3.05, 3.63) is 60.2 Å². The molecule has 116 valence electrons. The minimum Gasteiger partial charge on any atom is -0.487 e. The van der Waals surface area contributed by atoms with Gasteiger partial charge in [-0.1, -0.05) is 42.5 Å². The van der Waals surface area contributed by atoms with E-state index in [0.29, 0.717) is 18.0 Å². The predicted molar refractivity (Wildman–Crippen MR) is 87.1 cm³/mol. The quantitative estimate of drug-likeness (QED) is 0.896. The van der Waals surface area contributed by atoms with E-state index >= 15 is 0 Å². The molecule has 0 saturated heterocycles. The first-order valence-corrected chi connectivity index (χ1v) is 7.20. The first kappa shape index (κ1) is 15.9. The molecule has 0 radical (unpaired) electrons. The van der Waals surface area contributed by atoms with Crippen LogP contribution in [0.5, 0.6) is 5.75 Å². The second-order valence-corrected chi connectivity index (χ2v) is 5.90. The van der Waals surface area contributed by atoms with Crippen LogP contribution in [0.1, 0.15) is 26.3 Å². The Morgan fingerprint density at radius 2 is 1.64 bits per heavy atom. The summed E-state index contributed by atoms with van der Waals surface area (Å²) in [6.45, 7) is 5.91. The van der Waals surface area contributed by atoms with Gasteiger partial charge in [-0.2, -0.15) is 0 Å². The normalized spacial score (nSPS) is 10.9. The third kappa shape index (κ3) is 5.13. The highest BCUT2D eigenvalue weighted by atomic mass is 16.6. The lowest BCUT2D eigenvalue weighted by atomic mass is 10.2. The van der Waals surface area contributed by atoms with Gasteiger partial charge in [0.2, 0.25) is 0 Å². The highest BCUT2D eigenvalue weighted by Gasteiger charge is 2.17. The third-order valence-corrected chi connectivity index (χ3v) is 2.76. The van der Waals surface area contributed by atoms with Crippen LogP contribution < -0.4 is 10.1 Å². The highest BCUT2D eigenvalue weighted by Crippen LogP contribution is 2.25. The molecule has 0 fully saturated rings. The van der Waals surface area contributed by atoms with Gasteiger partial charge in [0, 0.05) is 0 Å². The molecule has 0 aliphatic heterocycles. The molecule has 0 aliphatic rings. The van der Waals surface area contributed by atoms with Crippen molar-refractivity contribution >= 4 is 11.8 Å². The van der Waals surface area contributed by atoms with E-state index in [1.807, 2.05) is 69.3 Å². The average Bonchev–Trinajstić information content (AvgIpc) is 2.45. The fourth-order valence-electron chi connectivity index (χ4n) is 1.84. The maximum atomic E-state index is 11.9. The number of nitrogens with one attached hydrogen (secondary N) is 1. The van der Waals surface area contributed by atoms with Crippen molar-refractivity contribution in [3.63, 3.8) is 0 Å². The predicted octanol–water partition coefficient (Wildman–Crippen LogP) is 4.61. The number of rotatable bonds is 4. The van der Waals surface area contributed by atoms with E-state index in [-0.39, 0.29) is 0 Å². The van der Waals surface area contributed by atoms with Crippen molar-refractivity contribution in [3.8, 4) is 5.75 Å². The largest absolute Gasteiger partial charge is 0.487 e. The van der Waals surface area contributed by atoms with E-state index in [9.17, 15) is 4.79 Å². The Morgan fingerprint density at radius 3 is 2.32 bits per heavy atom. The molecule has 0 spiro atoms. The molecule has 2 rings (SSSR count). The van der Waals surface area contributed by atoms with Gasteiger partial charge in [0.05, 0.1) is 5.69 Å². The van der Waals surface area contributed by atoms with Crippen LogP contribution in [0.25, 0.3) is 0 Å². The molecule has 2 aromatic rings. The molecule has 0 aromatic heterocycles. The molecule has 22 heavy (non-hydrogen) atoms. The van der Waals surface area contributed by atoms with Crippen molar-refractivity contribution in [2.75, 3.05) is 5.32 Å². The van der Waals surface area contributed by atoms with E-state index < -0.39 is 11.7 Å². The molecule has 0 heterocycles. The first-order chi connectivity index (χ1) is 10.4. The number of hydrogen-bond donors (Lipinski definition) is 1. The lowest BCUT2D eigenvalue weighted by Crippen LogP contribution is -2.27. The average molecular weight is 299 g/mol. The van der Waals surface area contributed by atoms with Gasteiger partial charge in [0.25, 0.3) is 0 Å². The number of ether oxygens (including phenoxy) is 2. The Balaban J connectivity index is 2.02. The van der Waals surface area contributed by atoms with E-state index in [0.717, 1.165) is 5.56 Å². The monoisotopic (exact) mass is 299 g/mol. The summed E-state index contributed by atoms with van der Waals surface area (Å²) in [6.07, 6.45) is -0.497. The van der Waals surface area contributed by atoms with Gasteiger partial charge in [-0.15, -0.1) is 0 Å². The van der Waals surface area contributed by atoms with Crippen LogP contribution in [0.3, 0.4) is 0 Å². The minimum absolute atomic E-state index is 0.438. The van der Waals surface area contributed by atoms with Gasteiger partial charge < -0.3 is 9.47 Å². The summed E-state index contributed by atoms with van der Waals surface area (Å²) >= 11 is 0. The Hall–Kier alpha value is -2.49. The number of carbonyl (C=O) groups excluding carboxylic acids is 1. The number of hydrogen-bond acceptors (Lipinski definition) is 3. The van der Waals surface area contributed by atoms with E-state index in [1.54, 1.807) is 6.07 Å². The fourth-order valence-corrected chi connectivity index (χ4v) is 1.84. The SMILES string of the molecule is CC(C)(C)OC(=O)Nc1ccccc1OCc1ccccc1. The van der Waals surface area contributed by atoms with E-state index in [4.69, 9.17) is 9.47 Å². The van der Waals surface area contributed by atoms with Crippen LogP contribution >= 0.6 is 0 Å². The summed E-state index contributed by atoms with van der Waals surface area (Å²) in [5.41, 5.74) is 1.12. The Bertz CT molecular complexity index is 618. The lowest BCUT2D eigenvalue weighted by Gasteiger charge is -2.20. The molecule has 0 atom stereocenters.